The van der Waals surface area contributed by atoms with E-state index in [9.17, 15) is 9.18 Å². The molecule has 4 heteroatoms. The van der Waals surface area contributed by atoms with Crippen LogP contribution in [-0.2, 0) is 0 Å². The predicted octanol–water partition coefficient (Wildman–Crippen LogP) is 1.40. The Morgan fingerprint density at radius 2 is 2.29 bits per heavy atom. The van der Waals surface area contributed by atoms with Crippen LogP contribution in [0.3, 0.4) is 0 Å². The van der Waals surface area contributed by atoms with Crippen LogP contribution in [0, 0.1) is 5.82 Å². The summed E-state index contributed by atoms with van der Waals surface area (Å²) in [6.45, 7) is -0.230. The Bertz CT molecular complexity index is 336. The molecule has 1 rings (SSSR count). The number of aliphatic hydroxyl groups excluding tert-OH is 1. The summed E-state index contributed by atoms with van der Waals surface area (Å²) in [5.74, 6) is -0.754. The maximum Gasteiger partial charge on any atom is 0.165 e. The van der Waals surface area contributed by atoms with E-state index in [1.165, 1.54) is 19.2 Å². The highest BCUT2D eigenvalue weighted by atomic mass is 19.1. The van der Waals surface area contributed by atoms with Gasteiger partial charge in [-0.3, -0.25) is 4.79 Å². The van der Waals surface area contributed by atoms with Crippen molar-refractivity contribution < 1.29 is 19.0 Å². The number of ether oxygens (including phenoxy) is 1. The van der Waals surface area contributed by atoms with Crippen molar-refractivity contribution in [2.24, 2.45) is 0 Å². The lowest BCUT2D eigenvalue weighted by atomic mass is 10.1. The molecule has 0 saturated carbocycles. The van der Waals surface area contributed by atoms with Crippen LogP contribution in [0.1, 0.15) is 16.8 Å². The SMILES string of the molecule is COc1ccc(C(=O)CCO)cc1F. The van der Waals surface area contributed by atoms with Crippen LogP contribution < -0.4 is 4.74 Å². The van der Waals surface area contributed by atoms with Gasteiger partial charge >= 0.3 is 0 Å². The number of ketones is 1. The second-order valence-corrected chi connectivity index (χ2v) is 2.75. The van der Waals surface area contributed by atoms with Crippen LogP contribution in [0.5, 0.6) is 5.75 Å². The zero-order valence-corrected chi connectivity index (χ0v) is 7.79. The summed E-state index contributed by atoms with van der Waals surface area (Å²) in [4.78, 5) is 11.2. The molecule has 0 aromatic heterocycles. The zero-order chi connectivity index (χ0) is 10.6. The number of hydrogen-bond acceptors (Lipinski definition) is 3. The van der Waals surface area contributed by atoms with Gasteiger partial charge in [-0.15, -0.1) is 0 Å². The molecular weight excluding hydrogens is 187 g/mol. The first-order chi connectivity index (χ1) is 6.69. The standard InChI is InChI=1S/C10H11FO3/c1-14-10-3-2-7(6-8(10)11)9(13)4-5-12/h2-3,6,12H,4-5H2,1H3. The molecule has 0 amide bonds. The first-order valence-electron chi connectivity index (χ1n) is 4.16. The van der Waals surface area contributed by atoms with E-state index in [2.05, 4.69) is 0 Å². The minimum atomic E-state index is -0.573. The van der Waals surface area contributed by atoms with Gasteiger partial charge in [0.15, 0.2) is 17.3 Å². The molecule has 1 aromatic carbocycles. The number of Topliss-reactive ketones (excluding diaryl/α,β-unsaturated/α-hetero) is 1. The second-order valence-electron chi connectivity index (χ2n) is 2.75. The Morgan fingerprint density at radius 3 is 2.79 bits per heavy atom. The van der Waals surface area contributed by atoms with Crippen LogP contribution in [0.15, 0.2) is 18.2 Å². The van der Waals surface area contributed by atoms with Crippen LogP contribution in [0.2, 0.25) is 0 Å². The number of carbonyl (C=O) groups excluding carboxylic acids is 1. The van der Waals surface area contributed by atoms with Crippen molar-refractivity contribution in [3.63, 3.8) is 0 Å². The van der Waals surface area contributed by atoms with Gasteiger partial charge in [-0.2, -0.15) is 0 Å². The topological polar surface area (TPSA) is 46.5 Å². The van der Waals surface area contributed by atoms with Crippen LogP contribution in [0.4, 0.5) is 4.39 Å². The molecule has 0 aliphatic carbocycles. The van der Waals surface area contributed by atoms with Gasteiger partial charge in [0, 0.05) is 12.0 Å². The third kappa shape index (κ3) is 2.29. The summed E-state index contributed by atoms with van der Waals surface area (Å²) in [7, 11) is 1.35. The van der Waals surface area contributed by atoms with Crippen molar-refractivity contribution in [2.45, 2.75) is 6.42 Å². The van der Waals surface area contributed by atoms with Gasteiger partial charge in [-0.05, 0) is 18.2 Å². The molecule has 0 saturated heterocycles. The molecule has 3 nitrogen and oxygen atoms in total. The number of carbonyl (C=O) groups is 1. The van der Waals surface area contributed by atoms with Crippen molar-refractivity contribution >= 4 is 5.78 Å². The highest BCUT2D eigenvalue weighted by Crippen LogP contribution is 2.18. The molecule has 0 spiro atoms. The molecular formula is C10H11FO3. The number of aliphatic hydroxyl groups is 1. The summed E-state index contributed by atoms with van der Waals surface area (Å²) in [6.07, 6.45) is 0.00572. The van der Waals surface area contributed by atoms with Gasteiger partial charge in [-0.1, -0.05) is 0 Å². The maximum atomic E-state index is 13.1. The molecule has 0 bridgehead atoms. The fraction of sp³-hybridized carbons (Fsp3) is 0.300. The van der Waals surface area contributed by atoms with Crippen molar-refractivity contribution in [3.8, 4) is 5.75 Å². The Labute approximate surface area is 81.1 Å². The van der Waals surface area contributed by atoms with E-state index in [4.69, 9.17) is 9.84 Å². The van der Waals surface area contributed by atoms with Crippen molar-refractivity contribution in [2.75, 3.05) is 13.7 Å². The average molecular weight is 198 g/mol. The molecule has 0 atom stereocenters. The number of halogens is 1. The van der Waals surface area contributed by atoms with E-state index in [0.717, 1.165) is 6.07 Å². The van der Waals surface area contributed by atoms with Gasteiger partial charge in [0.1, 0.15) is 0 Å². The Morgan fingerprint density at radius 1 is 1.57 bits per heavy atom. The smallest absolute Gasteiger partial charge is 0.165 e. The predicted molar refractivity (Wildman–Crippen MR) is 49.0 cm³/mol. The highest BCUT2D eigenvalue weighted by molar-refractivity contribution is 5.96. The summed E-state index contributed by atoms with van der Waals surface area (Å²) in [6, 6.07) is 3.97. The Balaban J connectivity index is 2.91. The quantitative estimate of drug-likeness (QED) is 0.744. The molecule has 0 aliphatic heterocycles. The molecule has 0 radical (unpaired) electrons. The molecule has 0 heterocycles. The van der Waals surface area contributed by atoms with Crippen LogP contribution >= 0.6 is 0 Å². The van der Waals surface area contributed by atoms with Gasteiger partial charge in [-0.25, -0.2) is 4.39 Å². The minimum absolute atomic E-state index is 0.00572. The third-order valence-corrected chi connectivity index (χ3v) is 1.81. The summed E-state index contributed by atoms with van der Waals surface area (Å²) in [5.41, 5.74) is 0.248. The average Bonchev–Trinajstić information content (AvgIpc) is 2.18. The summed E-state index contributed by atoms with van der Waals surface area (Å²) < 4.78 is 17.8. The number of methoxy groups -OCH3 is 1. The summed E-state index contributed by atoms with van der Waals surface area (Å²) >= 11 is 0. The maximum absolute atomic E-state index is 13.1. The van der Waals surface area contributed by atoms with E-state index in [1.807, 2.05) is 0 Å². The molecule has 0 unspecified atom stereocenters. The third-order valence-electron chi connectivity index (χ3n) is 1.81. The molecule has 0 fully saturated rings. The largest absolute Gasteiger partial charge is 0.494 e. The van der Waals surface area contributed by atoms with Crippen molar-refractivity contribution in [1.29, 1.82) is 0 Å². The van der Waals surface area contributed by atoms with Crippen LogP contribution in [0.25, 0.3) is 0 Å². The first-order valence-corrected chi connectivity index (χ1v) is 4.16. The monoisotopic (exact) mass is 198 g/mol. The molecule has 1 N–H and O–H groups in total. The zero-order valence-electron chi connectivity index (χ0n) is 7.79. The van der Waals surface area contributed by atoms with E-state index >= 15 is 0 Å². The second kappa shape index (κ2) is 4.72. The van der Waals surface area contributed by atoms with E-state index in [-0.39, 0.29) is 30.1 Å². The van der Waals surface area contributed by atoms with E-state index in [1.54, 1.807) is 0 Å². The summed E-state index contributed by atoms with van der Waals surface area (Å²) in [5, 5.41) is 8.53. The molecule has 76 valence electrons. The molecule has 14 heavy (non-hydrogen) atoms. The van der Waals surface area contributed by atoms with Crippen molar-refractivity contribution in [3.05, 3.63) is 29.6 Å². The molecule has 1 aromatic rings. The number of rotatable bonds is 4. The molecule has 0 aliphatic rings. The van der Waals surface area contributed by atoms with Crippen LogP contribution in [-0.4, -0.2) is 24.6 Å². The first kappa shape index (κ1) is 10.7. The van der Waals surface area contributed by atoms with E-state index in [0.29, 0.717) is 0 Å². The minimum Gasteiger partial charge on any atom is -0.494 e. The Hall–Kier alpha value is -1.42. The van der Waals surface area contributed by atoms with Gasteiger partial charge < -0.3 is 9.84 Å². The number of hydrogen-bond donors (Lipinski definition) is 1. The van der Waals surface area contributed by atoms with Gasteiger partial charge in [0.2, 0.25) is 0 Å². The lowest BCUT2D eigenvalue weighted by Crippen LogP contribution is -2.02. The fourth-order valence-electron chi connectivity index (χ4n) is 1.09. The normalized spacial score (nSPS) is 9.93. The highest BCUT2D eigenvalue weighted by Gasteiger charge is 2.09. The van der Waals surface area contributed by atoms with Crippen molar-refractivity contribution in [1.82, 2.24) is 0 Å². The fourth-order valence-corrected chi connectivity index (χ4v) is 1.09. The van der Waals surface area contributed by atoms with E-state index < -0.39 is 5.82 Å². The Kier molecular flexibility index (Phi) is 3.59. The van der Waals surface area contributed by atoms with Gasteiger partial charge in [0.25, 0.3) is 0 Å². The lowest BCUT2D eigenvalue weighted by molar-refractivity contribution is 0.0956. The lowest BCUT2D eigenvalue weighted by Gasteiger charge is -2.03. The number of benzene rings is 1. The van der Waals surface area contributed by atoms with Gasteiger partial charge in [0.05, 0.1) is 13.7 Å².